The summed E-state index contributed by atoms with van der Waals surface area (Å²) in [6.07, 6.45) is 3.13. The van der Waals surface area contributed by atoms with Crippen LogP contribution in [0.5, 0.6) is 0 Å². The molecular weight excluding hydrogens is 336 g/mol. The second-order valence-corrected chi connectivity index (χ2v) is 9.67. The van der Waals surface area contributed by atoms with E-state index in [4.69, 9.17) is 4.74 Å². The summed E-state index contributed by atoms with van der Waals surface area (Å²) < 4.78 is 4.32. The standard InChI is InChI=1S/C15H26N2O4S2/c1-14(2)11(17(9-18)15(3,4)23-14)12(19)16-10(7-8-22-6)13(20)21-5/h9-11H,7-8H2,1-6H3,(H,16,19). The van der Waals surface area contributed by atoms with Crippen molar-refractivity contribution in [2.45, 2.75) is 55.8 Å². The number of rotatable bonds is 7. The van der Waals surface area contributed by atoms with Crippen molar-refractivity contribution >= 4 is 41.8 Å². The minimum atomic E-state index is -0.696. The van der Waals surface area contributed by atoms with Crippen LogP contribution in [0.4, 0.5) is 0 Å². The quantitative estimate of drug-likeness (QED) is 0.546. The largest absolute Gasteiger partial charge is 0.467 e. The van der Waals surface area contributed by atoms with Gasteiger partial charge in [0.15, 0.2) is 0 Å². The maximum atomic E-state index is 12.8. The summed E-state index contributed by atoms with van der Waals surface area (Å²) in [5, 5.41) is 2.76. The van der Waals surface area contributed by atoms with Gasteiger partial charge in [0.25, 0.3) is 0 Å². The van der Waals surface area contributed by atoms with Crippen molar-refractivity contribution in [3.63, 3.8) is 0 Å². The predicted molar refractivity (Wildman–Crippen MR) is 94.4 cm³/mol. The van der Waals surface area contributed by atoms with Crippen LogP contribution in [-0.4, -0.2) is 64.0 Å². The molecule has 1 aliphatic rings. The number of amides is 2. The SMILES string of the molecule is COC(=O)C(CCSC)NC(=O)C1N(C=O)C(C)(C)SC1(C)C. The molecule has 0 bridgehead atoms. The number of methoxy groups -OCH3 is 1. The Kier molecular flexibility index (Phi) is 6.82. The topological polar surface area (TPSA) is 75.7 Å². The number of carbonyl (C=O) groups is 3. The maximum absolute atomic E-state index is 12.8. The molecule has 0 aliphatic carbocycles. The van der Waals surface area contributed by atoms with Crippen molar-refractivity contribution < 1.29 is 19.1 Å². The average Bonchev–Trinajstić information content (AvgIpc) is 2.65. The van der Waals surface area contributed by atoms with E-state index in [1.165, 1.54) is 12.0 Å². The van der Waals surface area contributed by atoms with Crippen LogP contribution < -0.4 is 5.32 Å². The van der Waals surface area contributed by atoms with Gasteiger partial charge < -0.3 is 15.0 Å². The van der Waals surface area contributed by atoms with Gasteiger partial charge >= 0.3 is 5.97 Å². The van der Waals surface area contributed by atoms with Crippen molar-refractivity contribution in [2.75, 3.05) is 19.1 Å². The van der Waals surface area contributed by atoms with Gasteiger partial charge in [0, 0.05) is 4.75 Å². The first-order chi connectivity index (χ1) is 10.6. The number of esters is 1. The summed E-state index contributed by atoms with van der Waals surface area (Å²) in [5.74, 6) is -0.0596. The van der Waals surface area contributed by atoms with Crippen LogP contribution in [0.25, 0.3) is 0 Å². The molecule has 0 radical (unpaired) electrons. The lowest BCUT2D eigenvalue weighted by Gasteiger charge is -2.32. The zero-order valence-corrected chi connectivity index (χ0v) is 16.2. The summed E-state index contributed by atoms with van der Waals surface area (Å²) in [5.41, 5.74) is 0. The van der Waals surface area contributed by atoms with Crippen molar-refractivity contribution in [2.24, 2.45) is 0 Å². The van der Waals surface area contributed by atoms with E-state index in [1.54, 1.807) is 23.5 Å². The number of hydrogen-bond donors (Lipinski definition) is 1. The molecule has 0 aromatic rings. The molecule has 1 fully saturated rings. The van der Waals surface area contributed by atoms with E-state index in [9.17, 15) is 14.4 Å². The number of thioether (sulfide) groups is 2. The Morgan fingerprint density at radius 2 is 2.00 bits per heavy atom. The third-order valence-electron chi connectivity index (χ3n) is 3.85. The summed E-state index contributed by atoms with van der Waals surface area (Å²) in [7, 11) is 1.30. The molecule has 2 atom stereocenters. The summed E-state index contributed by atoms with van der Waals surface area (Å²) in [6, 6.07) is -1.33. The van der Waals surface area contributed by atoms with Crippen LogP contribution in [0.2, 0.25) is 0 Å². The van der Waals surface area contributed by atoms with E-state index in [1.807, 2.05) is 34.0 Å². The van der Waals surface area contributed by atoms with E-state index >= 15 is 0 Å². The first-order valence-corrected chi connectivity index (χ1v) is 9.62. The van der Waals surface area contributed by atoms with Crippen LogP contribution in [0.15, 0.2) is 0 Å². The molecule has 1 N–H and O–H groups in total. The molecule has 132 valence electrons. The van der Waals surface area contributed by atoms with Crippen LogP contribution in [-0.2, 0) is 19.1 Å². The Bertz CT molecular complexity index is 468. The fourth-order valence-corrected chi connectivity index (χ4v) is 5.25. The average molecular weight is 363 g/mol. The van der Waals surface area contributed by atoms with Crippen LogP contribution >= 0.6 is 23.5 Å². The van der Waals surface area contributed by atoms with Crippen molar-refractivity contribution in [3.8, 4) is 0 Å². The molecule has 6 nitrogen and oxygen atoms in total. The van der Waals surface area contributed by atoms with Gasteiger partial charge in [0.1, 0.15) is 12.1 Å². The Hall–Kier alpha value is -0.890. The number of nitrogens with one attached hydrogen (secondary N) is 1. The molecule has 0 aromatic heterocycles. The fraction of sp³-hybridized carbons (Fsp3) is 0.800. The Morgan fingerprint density at radius 1 is 1.39 bits per heavy atom. The highest BCUT2D eigenvalue weighted by atomic mass is 32.2. The highest BCUT2D eigenvalue weighted by Gasteiger charge is 2.54. The second kappa shape index (κ2) is 7.79. The number of ether oxygens (including phenoxy) is 1. The molecule has 23 heavy (non-hydrogen) atoms. The fourth-order valence-electron chi connectivity index (χ4n) is 2.91. The van der Waals surface area contributed by atoms with Crippen molar-refractivity contribution in [1.29, 1.82) is 0 Å². The van der Waals surface area contributed by atoms with Gasteiger partial charge in [0.05, 0.1) is 12.0 Å². The molecule has 1 saturated heterocycles. The minimum absolute atomic E-state index is 0.323. The Balaban J connectivity index is 2.96. The molecule has 1 heterocycles. The third kappa shape index (κ3) is 4.56. The molecule has 2 amide bonds. The lowest BCUT2D eigenvalue weighted by Crippen LogP contribution is -2.56. The van der Waals surface area contributed by atoms with E-state index in [-0.39, 0.29) is 5.91 Å². The van der Waals surface area contributed by atoms with Crippen LogP contribution in [0.1, 0.15) is 34.1 Å². The minimum Gasteiger partial charge on any atom is -0.467 e. The molecule has 0 saturated carbocycles. The summed E-state index contributed by atoms with van der Waals surface area (Å²) >= 11 is 3.16. The first-order valence-electron chi connectivity index (χ1n) is 7.41. The van der Waals surface area contributed by atoms with Gasteiger partial charge in [-0.3, -0.25) is 9.59 Å². The summed E-state index contributed by atoms with van der Waals surface area (Å²) in [6.45, 7) is 7.68. The lowest BCUT2D eigenvalue weighted by molar-refractivity contribution is -0.146. The van der Waals surface area contributed by atoms with Crippen molar-refractivity contribution in [1.82, 2.24) is 10.2 Å². The molecule has 1 aliphatic heterocycles. The number of hydrogen-bond acceptors (Lipinski definition) is 6. The van der Waals surface area contributed by atoms with Gasteiger partial charge in [0.2, 0.25) is 12.3 Å². The second-order valence-electron chi connectivity index (χ2n) is 6.43. The highest BCUT2D eigenvalue weighted by Crippen LogP contribution is 2.50. The van der Waals surface area contributed by atoms with Gasteiger partial charge in [-0.25, -0.2) is 4.79 Å². The highest BCUT2D eigenvalue weighted by molar-refractivity contribution is 8.02. The molecule has 0 spiro atoms. The Labute approximate surface area is 146 Å². The molecule has 0 aromatic carbocycles. The molecule has 2 unspecified atom stereocenters. The predicted octanol–water partition coefficient (Wildman–Crippen LogP) is 1.49. The lowest BCUT2D eigenvalue weighted by atomic mass is 9.99. The van der Waals surface area contributed by atoms with Crippen LogP contribution in [0.3, 0.4) is 0 Å². The van der Waals surface area contributed by atoms with Gasteiger partial charge in [-0.1, -0.05) is 0 Å². The summed E-state index contributed by atoms with van der Waals surface area (Å²) in [4.78, 5) is 37.2. The van der Waals surface area contributed by atoms with E-state index in [2.05, 4.69) is 5.32 Å². The molecular formula is C15H26N2O4S2. The first kappa shape index (κ1) is 20.2. The number of nitrogens with zero attached hydrogens (tertiary/aromatic N) is 1. The van der Waals surface area contributed by atoms with Gasteiger partial charge in [-0.15, -0.1) is 11.8 Å². The number of carbonyl (C=O) groups excluding carboxylic acids is 3. The van der Waals surface area contributed by atoms with E-state index in [0.29, 0.717) is 12.8 Å². The zero-order chi connectivity index (χ0) is 17.8. The van der Waals surface area contributed by atoms with E-state index in [0.717, 1.165) is 5.75 Å². The normalized spacial score (nSPS) is 23.2. The van der Waals surface area contributed by atoms with Crippen molar-refractivity contribution in [3.05, 3.63) is 0 Å². The van der Waals surface area contributed by atoms with Crippen LogP contribution in [0, 0.1) is 0 Å². The van der Waals surface area contributed by atoms with Gasteiger partial charge in [-0.05, 0) is 46.1 Å². The Morgan fingerprint density at radius 3 is 2.48 bits per heavy atom. The smallest absolute Gasteiger partial charge is 0.328 e. The third-order valence-corrected chi connectivity index (χ3v) is 5.95. The maximum Gasteiger partial charge on any atom is 0.328 e. The van der Waals surface area contributed by atoms with Gasteiger partial charge in [-0.2, -0.15) is 11.8 Å². The monoisotopic (exact) mass is 362 g/mol. The van der Waals surface area contributed by atoms with E-state index < -0.39 is 27.7 Å². The molecule has 1 rings (SSSR count). The molecule has 8 heteroatoms. The zero-order valence-electron chi connectivity index (χ0n) is 14.5.